The molecule has 1 aliphatic carbocycles. The van der Waals surface area contributed by atoms with E-state index in [2.05, 4.69) is 31.8 Å². The highest BCUT2D eigenvalue weighted by Crippen LogP contribution is 2.41. The number of nitrogen functional groups attached to an aromatic ring is 1. The minimum Gasteiger partial charge on any atom is -0.438 e. The Labute approximate surface area is 101 Å². The second kappa shape index (κ2) is 3.25. The first-order valence-electron chi connectivity index (χ1n) is 6.15. The average Bonchev–Trinajstić information content (AvgIpc) is 2.97. The van der Waals surface area contributed by atoms with Crippen LogP contribution >= 0.6 is 0 Å². The molecule has 0 atom stereocenters. The van der Waals surface area contributed by atoms with Crippen LogP contribution < -0.4 is 5.73 Å². The lowest BCUT2D eigenvalue weighted by Crippen LogP contribution is -2.11. The first-order valence-corrected chi connectivity index (χ1v) is 6.15. The van der Waals surface area contributed by atoms with Crippen LogP contribution in [0.5, 0.6) is 0 Å². The van der Waals surface area contributed by atoms with Gasteiger partial charge in [-0.15, -0.1) is 0 Å². The van der Waals surface area contributed by atoms with E-state index >= 15 is 0 Å². The molecule has 1 saturated carbocycles. The van der Waals surface area contributed by atoms with E-state index in [9.17, 15) is 0 Å². The van der Waals surface area contributed by atoms with Gasteiger partial charge in [0.15, 0.2) is 11.5 Å². The van der Waals surface area contributed by atoms with Crippen LogP contribution in [0.3, 0.4) is 0 Å². The molecular formula is C14H18N2O. The largest absolute Gasteiger partial charge is 0.438 e. The Balaban J connectivity index is 2.18. The molecule has 0 radical (unpaired) electrons. The molecule has 3 rings (SSSR count). The molecule has 1 aromatic heterocycles. The first-order chi connectivity index (χ1) is 7.95. The first kappa shape index (κ1) is 10.6. The topological polar surface area (TPSA) is 52.0 Å². The molecular weight excluding hydrogens is 212 g/mol. The highest BCUT2D eigenvalue weighted by Gasteiger charge is 2.29. The van der Waals surface area contributed by atoms with E-state index in [1.54, 1.807) is 0 Å². The number of rotatable bonds is 1. The fraction of sp³-hybridized carbons (Fsp3) is 0.500. The van der Waals surface area contributed by atoms with Crippen molar-refractivity contribution in [2.45, 2.75) is 44.9 Å². The van der Waals surface area contributed by atoms with Gasteiger partial charge >= 0.3 is 0 Å². The van der Waals surface area contributed by atoms with Crippen molar-refractivity contribution in [3.63, 3.8) is 0 Å². The van der Waals surface area contributed by atoms with Crippen LogP contribution in [0.25, 0.3) is 11.1 Å². The van der Waals surface area contributed by atoms with Gasteiger partial charge in [0.2, 0.25) is 0 Å². The third-order valence-corrected chi connectivity index (χ3v) is 3.33. The Bertz CT molecular complexity index is 574. The molecule has 0 aliphatic heterocycles. The van der Waals surface area contributed by atoms with Gasteiger partial charge in [-0.2, -0.15) is 0 Å². The minimum absolute atomic E-state index is 0.0843. The Hall–Kier alpha value is -1.51. The molecule has 1 heterocycles. The lowest BCUT2D eigenvalue weighted by Gasteiger charge is -2.19. The van der Waals surface area contributed by atoms with Gasteiger partial charge < -0.3 is 10.2 Å². The Morgan fingerprint density at radius 2 is 2.00 bits per heavy atom. The van der Waals surface area contributed by atoms with Crippen LogP contribution in [0.1, 0.15) is 51.0 Å². The van der Waals surface area contributed by atoms with Crippen LogP contribution in [-0.4, -0.2) is 4.98 Å². The standard InChI is InChI=1S/C14H18N2O/c1-14(2,3)9-6-10(15)12-11(7-9)16-13(17-12)8-4-5-8/h6-8H,4-5,15H2,1-3H3. The zero-order valence-electron chi connectivity index (χ0n) is 10.6. The van der Waals surface area contributed by atoms with Gasteiger partial charge in [-0.05, 0) is 36.0 Å². The maximum Gasteiger partial charge on any atom is 0.198 e. The van der Waals surface area contributed by atoms with Crippen LogP contribution in [-0.2, 0) is 5.41 Å². The maximum absolute atomic E-state index is 6.05. The fourth-order valence-corrected chi connectivity index (χ4v) is 2.01. The van der Waals surface area contributed by atoms with Crippen molar-refractivity contribution in [3.05, 3.63) is 23.6 Å². The molecule has 3 heteroatoms. The summed E-state index contributed by atoms with van der Waals surface area (Å²) in [6.45, 7) is 6.53. The molecule has 2 aromatic rings. The number of benzene rings is 1. The number of fused-ring (bicyclic) bond motifs is 1. The quantitative estimate of drug-likeness (QED) is 0.762. The van der Waals surface area contributed by atoms with Crippen molar-refractivity contribution in [3.8, 4) is 0 Å². The van der Waals surface area contributed by atoms with Gasteiger partial charge in [-0.1, -0.05) is 20.8 Å². The summed E-state index contributed by atoms with van der Waals surface area (Å²) in [4.78, 5) is 4.56. The number of nitrogens with zero attached hydrogens (tertiary/aromatic N) is 1. The Kier molecular flexibility index (Phi) is 2.03. The third-order valence-electron chi connectivity index (χ3n) is 3.33. The smallest absolute Gasteiger partial charge is 0.198 e. The van der Waals surface area contributed by atoms with Crippen LogP contribution in [0.4, 0.5) is 5.69 Å². The van der Waals surface area contributed by atoms with Gasteiger partial charge in [0.25, 0.3) is 0 Å². The summed E-state index contributed by atoms with van der Waals surface area (Å²) in [6.07, 6.45) is 2.39. The predicted molar refractivity (Wildman–Crippen MR) is 69.1 cm³/mol. The van der Waals surface area contributed by atoms with Crippen LogP contribution in [0.15, 0.2) is 16.5 Å². The fourth-order valence-electron chi connectivity index (χ4n) is 2.01. The van der Waals surface area contributed by atoms with E-state index in [0.29, 0.717) is 11.6 Å². The summed E-state index contributed by atoms with van der Waals surface area (Å²) in [5.41, 5.74) is 9.70. The number of nitrogens with two attached hydrogens (primary N) is 1. The Morgan fingerprint density at radius 3 is 2.59 bits per heavy atom. The van der Waals surface area contributed by atoms with Gasteiger partial charge in [-0.3, -0.25) is 0 Å². The SMILES string of the molecule is CC(C)(C)c1cc(N)c2oc(C3CC3)nc2c1. The number of aromatic nitrogens is 1. The summed E-state index contributed by atoms with van der Waals surface area (Å²) in [5.74, 6) is 1.39. The summed E-state index contributed by atoms with van der Waals surface area (Å²) in [5, 5.41) is 0. The third kappa shape index (κ3) is 1.79. The van der Waals surface area contributed by atoms with Crippen molar-refractivity contribution >= 4 is 16.8 Å². The van der Waals surface area contributed by atoms with E-state index in [0.717, 1.165) is 17.0 Å². The van der Waals surface area contributed by atoms with Gasteiger partial charge in [-0.25, -0.2) is 4.98 Å². The van der Waals surface area contributed by atoms with Crippen molar-refractivity contribution in [1.29, 1.82) is 0 Å². The molecule has 3 nitrogen and oxygen atoms in total. The van der Waals surface area contributed by atoms with E-state index < -0.39 is 0 Å². The molecule has 0 saturated heterocycles. The number of hydrogen-bond donors (Lipinski definition) is 1. The molecule has 0 bridgehead atoms. The molecule has 1 fully saturated rings. The second-order valence-electron chi connectivity index (χ2n) is 5.99. The van der Waals surface area contributed by atoms with Crippen molar-refractivity contribution in [1.82, 2.24) is 4.98 Å². The maximum atomic E-state index is 6.05. The zero-order chi connectivity index (χ0) is 12.2. The van der Waals surface area contributed by atoms with Crippen molar-refractivity contribution in [2.24, 2.45) is 0 Å². The number of oxazole rings is 1. The minimum atomic E-state index is 0.0843. The van der Waals surface area contributed by atoms with Crippen LogP contribution in [0, 0.1) is 0 Å². The molecule has 90 valence electrons. The van der Waals surface area contributed by atoms with Gasteiger partial charge in [0.05, 0.1) is 5.69 Å². The number of hydrogen-bond acceptors (Lipinski definition) is 3. The van der Waals surface area contributed by atoms with E-state index in [1.165, 1.54) is 18.4 Å². The molecule has 0 amide bonds. The summed E-state index contributed by atoms with van der Waals surface area (Å²) in [7, 11) is 0. The molecule has 1 aromatic carbocycles. The molecule has 1 aliphatic rings. The highest BCUT2D eigenvalue weighted by molar-refractivity contribution is 5.86. The summed E-state index contributed by atoms with van der Waals surface area (Å²) >= 11 is 0. The van der Waals surface area contributed by atoms with Crippen molar-refractivity contribution < 1.29 is 4.42 Å². The predicted octanol–water partition coefficient (Wildman–Crippen LogP) is 3.58. The lowest BCUT2D eigenvalue weighted by molar-refractivity contribution is 0.534. The summed E-state index contributed by atoms with van der Waals surface area (Å²) < 4.78 is 5.75. The molecule has 17 heavy (non-hydrogen) atoms. The molecule has 0 unspecified atom stereocenters. The average molecular weight is 230 g/mol. The normalized spacial score (nSPS) is 16.6. The van der Waals surface area contributed by atoms with E-state index in [4.69, 9.17) is 10.2 Å². The highest BCUT2D eigenvalue weighted by atomic mass is 16.3. The zero-order valence-corrected chi connectivity index (χ0v) is 10.6. The van der Waals surface area contributed by atoms with Gasteiger partial charge in [0.1, 0.15) is 5.52 Å². The number of anilines is 1. The second-order valence-corrected chi connectivity index (χ2v) is 5.99. The van der Waals surface area contributed by atoms with Crippen molar-refractivity contribution in [2.75, 3.05) is 5.73 Å². The Morgan fingerprint density at radius 1 is 1.29 bits per heavy atom. The van der Waals surface area contributed by atoms with E-state index in [1.807, 2.05) is 6.07 Å². The lowest BCUT2D eigenvalue weighted by atomic mass is 9.86. The molecule has 0 spiro atoms. The van der Waals surface area contributed by atoms with Gasteiger partial charge in [0, 0.05) is 5.92 Å². The van der Waals surface area contributed by atoms with E-state index in [-0.39, 0.29) is 5.41 Å². The monoisotopic (exact) mass is 230 g/mol. The van der Waals surface area contributed by atoms with Crippen LogP contribution in [0.2, 0.25) is 0 Å². The molecule has 2 N–H and O–H groups in total. The summed E-state index contributed by atoms with van der Waals surface area (Å²) in [6, 6.07) is 4.10.